The minimum Gasteiger partial charge on any atom is -0.387 e. The highest BCUT2D eigenvalue weighted by Crippen LogP contribution is 2.61. The van der Waals surface area contributed by atoms with Crippen LogP contribution in [-0.4, -0.2) is 106 Å². The van der Waals surface area contributed by atoms with Crippen LogP contribution in [0.2, 0.25) is 0 Å². The topological polar surface area (TPSA) is 306 Å². The van der Waals surface area contributed by atoms with Crippen LogP contribution in [0.4, 0.5) is 11.8 Å². The van der Waals surface area contributed by atoms with Gasteiger partial charge in [-0.2, -0.15) is 4.31 Å². The van der Waals surface area contributed by atoms with Crippen LogP contribution in [0, 0.1) is 0 Å². The summed E-state index contributed by atoms with van der Waals surface area (Å²) in [5.74, 6) is -0.450. The molecule has 208 valence electrons. The van der Waals surface area contributed by atoms with Crippen LogP contribution in [0.5, 0.6) is 0 Å². The molecule has 0 aromatic carbocycles. The molecule has 0 amide bonds. The van der Waals surface area contributed by atoms with Crippen LogP contribution in [0.1, 0.15) is 6.23 Å². The number of imidazole rings is 1. The van der Waals surface area contributed by atoms with Crippen LogP contribution in [0.3, 0.4) is 0 Å². The maximum absolute atomic E-state index is 13.0. The number of fused-ring (bicyclic) bond motifs is 5. The predicted molar refractivity (Wildman–Crippen MR) is 117 cm³/mol. The molecule has 38 heavy (non-hydrogen) atoms. The van der Waals surface area contributed by atoms with E-state index in [1.54, 1.807) is 0 Å². The molecule has 2 fully saturated rings. The molecule has 0 spiro atoms. The molecule has 0 saturated carbocycles. The third kappa shape index (κ3) is 5.02. The lowest BCUT2D eigenvalue weighted by molar-refractivity contribution is -0.0539. The van der Waals surface area contributed by atoms with Crippen molar-refractivity contribution in [3.05, 3.63) is 16.8 Å². The van der Waals surface area contributed by atoms with Gasteiger partial charge in [0.25, 0.3) is 0 Å². The van der Waals surface area contributed by atoms with Gasteiger partial charge in [0.1, 0.15) is 43.0 Å². The molecule has 5 heterocycles. The van der Waals surface area contributed by atoms with Crippen LogP contribution in [-0.2, 0) is 32.0 Å². The molecule has 3 aliphatic rings. The summed E-state index contributed by atoms with van der Waals surface area (Å²) in [6, 6.07) is 0. The van der Waals surface area contributed by atoms with Crippen molar-refractivity contribution in [1.29, 1.82) is 0 Å². The molecular weight excluding hydrogens is 562 g/mol. The van der Waals surface area contributed by atoms with Crippen LogP contribution >= 0.6 is 15.6 Å². The summed E-state index contributed by atoms with van der Waals surface area (Å²) in [5.41, 5.74) is 8.94. The van der Waals surface area contributed by atoms with Gasteiger partial charge in [-0.3, -0.25) is 13.6 Å². The molecule has 2 aromatic heterocycles. The summed E-state index contributed by atoms with van der Waals surface area (Å²) in [5, 5.41) is 48.2. The number of phosphoric ester groups is 1. The summed E-state index contributed by atoms with van der Waals surface area (Å²) in [6.45, 7) is -1.74. The highest BCUT2D eigenvalue weighted by molar-refractivity contribution is 7.61. The number of ether oxygens (including phenoxy) is 2. The number of anilines is 1. The van der Waals surface area contributed by atoms with Gasteiger partial charge in [0, 0.05) is 4.91 Å². The average molecular weight is 582 g/mol. The zero-order chi connectivity index (χ0) is 27.4. The Labute approximate surface area is 210 Å². The normalized spacial score (nSPS) is 37.7. The van der Waals surface area contributed by atoms with E-state index in [2.05, 4.69) is 34.6 Å². The Morgan fingerprint density at radius 2 is 1.76 bits per heavy atom. The summed E-state index contributed by atoms with van der Waals surface area (Å²) in [4.78, 5) is 33.3. The maximum Gasteiger partial charge on any atom is 0.483 e. The number of hydrogen-bond acceptors (Lipinski definition) is 16. The Kier molecular flexibility index (Phi) is 7.18. The van der Waals surface area contributed by atoms with Crippen molar-refractivity contribution in [3.8, 4) is 0 Å². The minimum atomic E-state index is -5.47. The second-order valence-corrected chi connectivity index (χ2v) is 11.3. The van der Waals surface area contributed by atoms with E-state index in [0.29, 0.717) is 0 Å². The smallest absolute Gasteiger partial charge is 0.387 e. The highest BCUT2D eigenvalue weighted by atomic mass is 31.3. The molecule has 2 saturated heterocycles. The van der Waals surface area contributed by atoms with E-state index in [-0.39, 0.29) is 22.9 Å². The molecule has 3 aliphatic heterocycles. The molecule has 2 aromatic rings. The first-order valence-electron chi connectivity index (χ1n) is 10.6. The third-order valence-corrected chi connectivity index (χ3v) is 8.41. The Hall–Kier alpha value is -2.32. The van der Waals surface area contributed by atoms with E-state index in [0.717, 1.165) is 10.9 Å². The fraction of sp³-hybridized carbons (Fsp3) is 0.667. The van der Waals surface area contributed by atoms with Gasteiger partial charge in [-0.05, 0) is 10.6 Å². The average Bonchev–Trinajstić information content (AvgIpc) is 3.43. The number of aliphatic hydroxyl groups is 4. The number of aliphatic hydroxyl groups excluding tert-OH is 4. The largest absolute Gasteiger partial charge is 0.483 e. The quantitative estimate of drug-likeness (QED) is 0.0938. The molecule has 7 N–H and O–H groups in total. The van der Waals surface area contributed by atoms with Gasteiger partial charge < -0.3 is 45.0 Å². The van der Waals surface area contributed by atoms with E-state index < -0.39 is 77.9 Å². The van der Waals surface area contributed by atoms with Crippen molar-refractivity contribution < 1.29 is 62.2 Å². The molecule has 21 nitrogen and oxygen atoms in total. The van der Waals surface area contributed by atoms with Crippen molar-refractivity contribution in [2.24, 2.45) is 5.11 Å². The lowest BCUT2D eigenvalue weighted by Crippen LogP contribution is -2.37. The third-order valence-electron chi connectivity index (χ3n) is 5.83. The van der Waals surface area contributed by atoms with Gasteiger partial charge in [0.2, 0.25) is 5.95 Å². The fourth-order valence-corrected chi connectivity index (χ4v) is 6.27. The lowest BCUT2D eigenvalue weighted by atomic mass is 10.1. The minimum absolute atomic E-state index is 0.0310. The monoisotopic (exact) mass is 582 g/mol. The Morgan fingerprint density at radius 1 is 1.11 bits per heavy atom. The summed E-state index contributed by atoms with van der Waals surface area (Å²) in [7, 11) is -10.6. The Bertz CT molecular complexity index is 1370. The number of rotatable bonds is 3. The second kappa shape index (κ2) is 10.0. The molecule has 23 heteroatoms. The van der Waals surface area contributed by atoms with Gasteiger partial charge >= 0.3 is 15.6 Å². The number of phosphoric acid groups is 2. The number of nitrogens with zero attached hydrogens (tertiary/aromatic N) is 7. The van der Waals surface area contributed by atoms with Gasteiger partial charge in [-0.1, -0.05) is 0 Å². The maximum atomic E-state index is 13.0. The van der Waals surface area contributed by atoms with Crippen LogP contribution in [0.15, 0.2) is 11.4 Å². The first kappa shape index (κ1) is 27.3. The van der Waals surface area contributed by atoms with E-state index in [9.17, 15) is 39.3 Å². The Balaban J connectivity index is 1.61. The first-order valence-corrected chi connectivity index (χ1v) is 13.6. The van der Waals surface area contributed by atoms with Crippen molar-refractivity contribution in [2.75, 3.05) is 18.5 Å². The molecule has 5 rings (SSSR count). The van der Waals surface area contributed by atoms with Crippen molar-refractivity contribution in [2.45, 2.75) is 49.1 Å². The Morgan fingerprint density at radius 3 is 2.42 bits per heavy atom. The highest BCUT2D eigenvalue weighted by Gasteiger charge is 2.49. The molecule has 0 radical (unpaired) electrons. The standard InChI is InChI=1S/C15H20N8O13P2/c16-22-21-15-19-6-11-17-3-18-12(6)23(15)14-10(27)8(25)5(35-14)2-33-38(31,36-37(28,29)30)32-1-4-7(24)9(26)13(20-11)34-4/h3-5,7-10,13-14,24-27H,1-2H2,(H,17,18,20)(H2,28,29,30)/t4-,5-,7+,8+,9?,10?,13-,14-,38?/m1/s1. The SMILES string of the molecule is [N-]=[N+]=Nc1nc2c3ncnc2n1[C@@H]1O[C@H](COP(=O)(OP(=O)(O)O)OC[C@H]2O[C@@H](N3)C(O)[C@H]2O)[C@H](O)C1O. The molecule has 3 unspecified atom stereocenters. The van der Waals surface area contributed by atoms with Crippen LogP contribution < -0.4 is 5.32 Å². The number of azide groups is 1. The lowest BCUT2D eigenvalue weighted by Gasteiger charge is -2.23. The van der Waals surface area contributed by atoms with Gasteiger partial charge in [-0.25, -0.2) is 24.1 Å². The second-order valence-electron chi connectivity index (χ2n) is 8.24. The van der Waals surface area contributed by atoms with Crippen molar-refractivity contribution in [1.82, 2.24) is 19.5 Å². The van der Waals surface area contributed by atoms with Gasteiger partial charge in [-0.15, -0.1) is 0 Å². The van der Waals surface area contributed by atoms with E-state index in [4.69, 9.17) is 24.1 Å². The van der Waals surface area contributed by atoms with Crippen molar-refractivity contribution >= 4 is 38.6 Å². The van der Waals surface area contributed by atoms with E-state index >= 15 is 0 Å². The summed E-state index contributed by atoms with van der Waals surface area (Å²) >= 11 is 0. The van der Waals surface area contributed by atoms with Gasteiger partial charge in [0.05, 0.1) is 13.2 Å². The molecule has 9 atom stereocenters. The van der Waals surface area contributed by atoms with Gasteiger partial charge in [0.15, 0.2) is 29.4 Å². The summed E-state index contributed by atoms with van der Waals surface area (Å²) < 4.78 is 50.7. The first-order chi connectivity index (χ1) is 17.9. The zero-order valence-corrected chi connectivity index (χ0v) is 20.5. The van der Waals surface area contributed by atoms with E-state index in [1.807, 2.05) is 0 Å². The molecule has 8 bridgehead atoms. The fourth-order valence-electron chi connectivity index (χ4n) is 4.11. The number of aromatic nitrogens is 4. The molecule has 0 aliphatic carbocycles. The predicted octanol–water partition coefficient (Wildman–Crippen LogP) is -1.49. The number of hydrogen-bond donors (Lipinski definition) is 7. The zero-order valence-electron chi connectivity index (χ0n) is 18.7. The molecular formula is C15H20N8O13P2. The summed E-state index contributed by atoms with van der Waals surface area (Å²) in [6.07, 6.45) is -11.5. The van der Waals surface area contributed by atoms with E-state index in [1.165, 1.54) is 0 Å². The van der Waals surface area contributed by atoms with Crippen LogP contribution in [0.25, 0.3) is 21.6 Å². The van der Waals surface area contributed by atoms with Crippen molar-refractivity contribution in [3.63, 3.8) is 0 Å². The number of nitrogens with one attached hydrogen (secondary N) is 1.